The maximum absolute atomic E-state index is 13.5. The van der Waals surface area contributed by atoms with Gasteiger partial charge in [0.1, 0.15) is 5.76 Å². The Labute approximate surface area is 196 Å². The van der Waals surface area contributed by atoms with Gasteiger partial charge in [-0.3, -0.25) is 9.69 Å². The van der Waals surface area contributed by atoms with E-state index in [0.717, 1.165) is 11.3 Å². The van der Waals surface area contributed by atoms with Crippen LogP contribution in [0.5, 0.6) is 11.5 Å². The molecule has 9 heteroatoms. The number of methoxy groups -OCH3 is 1. The van der Waals surface area contributed by atoms with Crippen LogP contribution in [-0.2, 0) is 4.79 Å². The van der Waals surface area contributed by atoms with E-state index in [9.17, 15) is 9.90 Å². The number of carbonyl (C=O) groups is 1. The number of allylic oxidation sites excluding steroid dienone is 1. The molecule has 8 nitrogen and oxygen atoms in total. The molecular weight excluding hydrogens is 440 g/mol. The predicted octanol–water partition coefficient (Wildman–Crippen LogP) is 4.35. The number of aromatic hydroxyl groups is 1. The van der Waals surface area contributed by atoms with E-state index in [1.54, 1.807) is 31.2 Å². The van der Waals surface area contributed by atoms with Gasteiger partial charge < -0.3 is 25.0 Å². The first-order chi connectivity index (χ1) is 15.8. The second-order valence-corrected chi connectivity index (χ2v) is 8.15. The van der Waals surface area contributed by atoms with Crippen LogP contribution in [0, 0.1) is 13.8 Å². The minimum absolute atomic E-state index is 0.0341. The third-order valence-electron chi connectivity index (χ3n) is 5.43. The number of aromatic nitrogens is 1. The minimum Gasteiger partial charge on any atom is -0.504 e. The molecular formula is C24H24N4O4S. The number of phenolic OH excluding ortho intramolecular Hbond substituents is 1. The maximum atomic E-state index is 13.5. The zero-order chi connectivity index (χ0) is 23.7. The van der Waals surface area contributed by atoms with Crippen LogP contribution in [0.1, 0.15) is 29.9 Å². The fraction of sp³-hybridized carbons (Fsp3) is 0.208. The second-order valence-electron chi connectivity index (χ2n) is 7.76. The van der Waals surface area contributed by atoms with Gasteiger partial charge >= 0.3 is 0 Å². The van der Waals surface area contributed by atoms with Crippen molar-refractivity contribution in [3.8, 4) is 11.5 Å². The molecule has 2 heterocycles. The van der Waals surface area contributed by atoms with Gasteiger partial charge in [-0.25, -0.2) is 0 Å². The van der Waals surface area contributed by atoms with Crippen molar-refractivity contribution in [2.45, 2.75) is 26.8 Å². The fourth-order valence-electron chi connectivity index (χ4n) is 3.79. The van der Waals surface area contributed by atoms with Gasteiger partial charge in [0.2, 0.25) is 0 Å². The SMILES string of the molecule is COc1ccc(C2NC(=S)N(c3ccc(C)cc3)C(C)=C2C(=O)Nc2cc(C)on2)cc1O. The zero-order valence-corrected chi connectivity index (χ0v) is 19.5. The molecule has 2 aromatic carbocycles. The van der Waals surface area contributed by atoms with Crippen LogP contribution < -0.4 is 20.3 Å². The molecule has 0 spiro atoms. The molecule has 3 N–H and O–H groups in total. The van der Waals surface area contributed by atoms with E-state index in [-0.39, 0.29) is 11.7 Å². The molecule has 1 aliphatic heterocycles. The van der Waals surface area contributed by atoms with E-state index in [1.165, 1.54) is 7.11 Å². The summed E-state index contributed by atoms with van der Waals surface area (Å²) >= 11 is 5.68. The van der Waals surface area contributed by atoms with Crippen molar-refractivity contribution in [3.63, 3.8) is 0 Å². The topological polar surface area (TPSA) is 99.9 Å². The highest BCUT2D eigenvalue weighted by Gasteiger charge is 2.35. The second kappa shape index (κ2) is 8.95. The van der Waals surface area contributed by atoms with E-state index >= 15 is 0 Å². The number of hydrogen-bond donors (Lipinski definition) is 3. The highest BCUT2D eigenvalue weighted by molar-refractivity contribution is 7.80. The Kier molecular flexibility index (Phi) is 6.06. The highest BCUT2D eigenvalue weighted by atomic mass is 32.1. The largest absolute Gasteiger partial charge is 0.504 e. The van der Waals surface area contributed by atoms with Crippen LogP contribution in [0.4, 0.5) is 11.5 Å². The van der Waals surface area contributed by atoms with Crippen LogP contribution in [0.3, 0.4) is 0 Å². The molecule has 33 heavy (non-hydrogen) atoms. The van der Waals surface area contributed by atoms with E-state index in [0.29, 0.717) is 39.3 Å². The molecule has 0 saturated carbocycles. The number of phenols is 1. The molecule has 1 aliphatic rings. The number of hydrogen-bond acceptors (Lipinski definition) is 6. The first kappa shape index (κ1) is 22.3. The molecule has 1 unspecified atom stereocenters. The maximum Gasteiger partial charge on any atom is 0.257 e. The summed E-state index contributed by atoms with van der Waals surface area (Å²) in [6, 6.07) is 13.9. The quantitative estimate of drug-likeness (QED) is 0.479. The van der Waals surface area contributed by atoms with Crippen LogP contribution in [0.15, 0.2) is 64.3 Å². The van der Waals surface area contributed by atoms with Crippen molar-refractivity contribution in [2.24, 2.45) is 0 Å². The number of carbonyl (C=O) groups excluding carboxylic acids is 1. The van der Waals surface area contributed by atoms with Crippen molar-refractivity contribution >= 4 is 34.7 Å². The van der Waals surface area contributed by atoms with Crippen molar-refractivity contribution in [1.82, 2.24) is 10.5 Å². The molecule has 4 rings (SSSR count). The van der Waals surface area contributed by atoms with E-state index in [2.05, 4.69) is 15.8 Å². The van der Waals surface area contributed by atoms with Crippen LogP contribution in [0.25, 0.3) is 0 Å². The van der Waals surface area contributed by atoms with Crippen molar-refractivity contribution in [1.29, 1.82) is 0 Å². The lowest BCUT2D eigenvalue weighted by Crippen LogP contribution is -2.48. The van der Waals surface area contributed by atoms with Crippen molar-refractivity contribution in [2.75, 3.05) is 17.3 Å². The molecule has 0 saturated heterocycles. The first-order valence-corrected chi connectivity index (χ1v) is 10.7. The summed E-state index contributed by atoms with van der Waals surface area (Å²) in [6.07, 6.45) is 0. The lowest BCUT2D eigenvalue weighted by atomic mass is 9.93. The number of benzene rings is 2. The lowest BCUT2D eigenvalue weighted by molar-refractivity contribution is -0.113. The van der Waals surface area contributed by atoms with Crippen LogP contribution in [0.2, 0.25) is 0 Å². The van der Waals surface area contributed by atoms with Crippen LogP contribution >= 0.6 is 12.2 Å². The average molecular weight is 465 g/mol. The number of rotatable bonds is 5. The van der Waals surface area contributed by atoms with E-state index < -0.39 is 6.04 Å². The van der Waals surface area contributed by atoms with Gasteiger partial charge in [0.25, 0.3) is 5.91 Å². The van der Waals surface area contributed by atoms with E-state index in [4.69, 9.17) is 21.5 Å². The number of nitrogens with one attached hydrogen (secondary N) is 2. The Bertz CT molecular complexity index is 1250. The smallest absolute Gasteiger partial charge is 0.257 e. The molecule has 0 fully saturated rings. The number of nitrogens with zero attached hydrogens (tertiary/aromatic N) is 2. The molecule has 3 aromatic rings. The Balaban J connectivity index is 1.81. The van der Waals surface area contributed by atoms with E-state index in [1.807, 2.05) is 43.0 Å². The summed E-state index contributed by atoms with van der Waals surface area (Å²) in [4.78, 5) is 15.3. The van der Waals surface area contributed by atoms with Gasteiger partial charge in [0.05, 0.1) is 18.7 Å². The van der Waals surface area contributed by atoms with Crippen molar-refractivity contribution in [3.05, 3.63) is 76.7 Å². The summed E-state index contributed by atoms with van der Waals surface area (Å²) in [5, 5.41) is 20.7. The molecule has 0 aliphatic carbocycles. The van der Waals surface area contributed by atoms with Gasteiger partial charge in [0.15, 0.2) is 22.4 Å². The monoisotopic (exact) mass is 464 g/mol. The molecule has 1 amide bonds. The third kappa shape index (κ3) is 4.40. The fourth-order valence-corrected chi connectivity index (χ4v) is 4.15. The minimum atomic E-state index is -0.607. The molecule has 170 valence electrons. The van der Waals surface area contributed by atoms with Gasteiger partial charge in [-0.1, -0.05) is 28.9 Å². The number of ether oxygens (including phenoxy) is 1. The van der Waals surface area contributed by atoms with Gasteiger partial charge in [-0.15, -0.1) is 0 Å². The summed E-state index contributed by atoms with van der Waals surface area (Å²) in [5.74, 6) is 0.825. The zero-order valence-electron chi connectivity index (χ0n) is 18.7. The standard InChI is InChI=1S/C24H24N4O4S/c1-13-5-8-17(9-6-13)28-15(3)21(23(30)25-20-11-14(2)32-27-20)22(26-24(28)33)16-7-10-19(31-4)18(29)12-16/h5-12,22,29H,1-4H3,(H,26,33)(H,25,27,30). The number of aryl methyl sites for hydroxylation is 2. The molecule has 1 atom stereocenters. The number of amides is 1. The summed E-state index contributed by atoms with van der Waals surface area (Å²) in [6.45, 7) is 5.59. The summed E-state index contributed by atoms with van der Waals surface area (Å²) in [5.41, 5.74) is 3.67. The normalized spacial score (nSPS) is 15.9. The summed E-state index contributed by atoms with van der Waals surface area (Å²) < 4.78 is 10.2. The Morgan fingerprint density at radius 3 is 2.52 bits per heavy atom. The van der Waals surface area contributed by atoms with Gasteiger partial charge in [-0.05, 0) is 62.8 Å². The lowest BCUT2D eigenvalue weighted by Gasteiger charge is -2.38. The summed E-state index contributed by atoms with van der Waals surface area (Å²) in [7, 11) is 1.48. The molecule has 0 radical (unpaired) electrons. The average Bonchev–Trinajstić information content (AvgIpc) is 3.18. The van der Waals surface area contributed by atoms with Crippen LogP contribution in [-0.4, -0.2) is 28.4 Å². The number of thiocarbonyl (C=S) groups is 1. The van der Waals surface area contributed by atoms with Gasteiger partial charge in [0, 0.05) is 17.5 Å². The Hall–Kier alpha value is -3.85. The van der Waals surface area contributed by atoms with Gasteiger partial charge in [-0.2, -0.15) is 0 Å². The first-order valence-electron chi connectivity index (χ1n) is 10.3. The highest BCUT2D eigenvalue weighted by Crippen LogP contribution is 2.37. The Morgan fingerprint density at radius 2 is 1.91 bits per heavy atom. The number of anilines is 2. The van der Waals surface area contributed by atoms with Crippen molar-refractivity contribution < 1.29 is 19.2 Å². The predicted molar refractivity (Wildman–Crippen MR) is 129 cm³/mol. The molecule has 1 aromatic heterocycles. The Morgan fingerprint density at radius 1 is 1.18 bits per heavy atom. The third-order valence-corrected chi connectivity index (χ3v) is 5.73. The molecule has 0 bridgehead atoms.